The second-order valence-corrected chi connectivity index (χ2v) is 9.15. The van der Waals surface area contributed by atoms with Crippen LogP contribution in [-0.4, -0.2) is 65.4 Å². The van der Waals surface area contributed by atoms with Crippen LogP contribution in [0.25, 0.3) is 22.2 Å². The van der Waals surface area contributed by atoms with Gasteiger partial charge in [0.1, 0.15) is 0 Å². The molecule has 2 aromatic carbocycles. The summed E-state index contributed by atoms with van der Waals surface area (Å²) in [4.78, 5) is 46.5. The maximum atomic E-state index is 13.3. The molecule has 0 atom stereocenters. The fourth-order valence-corrected chi connectivity index (χ4v) is 4.68. The van der Waals surface area contributed by atoms with E-state index in [0.717, 1.165) is 5.56 Å². The molecule has 8 nitrogen and oxygen atoms in total. The van der Waals surface area contributed by atoms with Crippen LogP contribution in [0.5, 0.6) is 0 Å². The number of piperazine rings is 1. The summed E-state index contributed by atoms with van der Waals surface area (Å²) in [6.45, 7) is 2.85. The molecule has 0 spiro atoms. The average Bonchev–Trinajstić information content (AvgIpc) is 3.46. The van der Waals surface area contributed by atoms with Crippen LogP contribution in [-0.2, 0) is 9.53 Å². The zero-order valence-electron chi connectivity index (χ0n) is 20.1. The molecule has 1 fully saturated rings. The van der Waals surface area contributed by atoms with Gasteiger partial charge >= 0.3 is 5.97 Å². The van der Waals surface area contributed by atoms with E-state index in [1.54, 1.807) is 34.1 Å². The number of para-hydroxylation sites is 1. The van der Waals surface area contributed by atoms with Crippen molar-refractivity contribution in [1.82, 2.24) is 14.8 Å². The first-order valence-corrected chi connectivity index (χ1v) is 12.2. The summed E-state index contributed by atoms with van der Waals surface area (Å²) in [5.41, 5.74) is 3.05. The van der Waals surface area contributed by atoms with E-state index in [1.807, 2.05) is 43.3 Å². The third-order valence-corrected chi connectivity index (χ3v) is 6.65. The van der Waals surface area contributed by atoms with Gasteiger partial charge in [-0.1, -0.05) is 41.9 Å². The van der Waals surface area contributed by atoms with Gasteiger partial charge in [0.2, 0.25) is 0 Å². The van der Waals surface area contributed by atoms with E-state index in [9.17, 15) is 14.4 Å². The standard InChI is InChI=1S/C28H24ClN3O5/c1-18-25(21-8-2-3-9-22(21)30-26(18)19-6-4-7-20(29)16-19)28(35)37-17-24(33)31-11-13-32(14-12-31)27(34)23-10-5-15-36-23/h2-10,15-16H,11-14,17H2,1H3. The summed E-state index contributed by atoms with van der Waals surface area (Å²) in [5.74, 6) is -0.853. The second-order valence-electron chi connectivity index (χ2n) is 8.71. The molecule has 4 aromatic rings. The van der Waals surface area contributed by atoms with Crippen molar-refractivity contribution in [2.24, 2.45) is 0 Å². The van der Waals surface area contributed by atoms with E-state index in [1.165, 1.54) is 6.26 Å². The monoisotopic (exact) mass is 517 g/mol. The fraction of sp³-hybridized carbons (Fsp3) is 0.214. The number of hydrogen-bond acceptors (Lipinski definition) is 6. The van der Waals surface area contributed by atoms with E-state index >= 15 is 0 Å². The summed E-state index contributed by atoms with van der Waals surface area (Å²) in [5, 5.41) is 1.21. The van der Waals surface area contributed by atoms with Gasteiger partial charge in [-0.05, 0) is 42.8 Å². The SMILES string of the molecule is Cc1c(-c2cccc(Cl)c2)nc2ccccc2c1C(=O)OCC(=O)N1CCN(C(=O)c2ccco2)CC1. The lowest BCUT2D eigenvalue weighted by molar-refractivity contribution is -0.136. The minimum Gasteiger partial charge on any atom is -0.459 e. The third-order valence-electron chi connectivity index (χ3n) is 6.42. The summed E-state index contributed by atoms with van der Waals surface area (Å²) >= 11 is 6.19. The molecular formula is C28H24ClN3O5. The summed E-state index contributed by atoms with van der Waals surface area (Å²) < 4.78 is 10.7. The highest BCUT2D eigenvalue weighted by Crippen LogP contribution is 2.31. The van der Waals surface area contributed by atoms with Crippen LogP contribution in [0, 0.1) is 6.92 Å². The molecule has 0 aliphatic carbocycles. The molecule has 0 saturated carbocycles. The smallest absolute Gasteiger partial charge is 0.339 e. The Morgan fingerprint density at radius 1 is 0.973 bits per heavy atom. The molecule has 0 unspecified atom stereocenters. The zero-order valence-corrected chi connectivity index (χ0v) is 20.9. The molecule has 3 heterocycles. The van der Waals surface area contributed by atoms with Crippen LogP contribution in [0.15, 0.2) is 71.3 Å². The van der Waals surface area contributed by atoms with Gasteiger partial charge in [0, 0.05) is 42.2 Å². The molecule has 1 aliphatic heterocycles. The Morgan fingerprint density at radius 3 is 2.46 bits per heavy atom. The van der Waals surface area contributed by atoms with Crippen LogP contribution >= 0.6 is 11.6 Å². The Balaban J connectivity index is 1.29. The number of carbonyl (C=O) groups is 3. The molecule has 0 radical (unpaired) electrons. The number of amides is 2. The molecule has 1 saturated heterocycles. The van der Waals surface area contributed by atoms with E-state index in [4.69, 9.17) is 25.7 Å². The number of pyridine rings is 1. The molecule has 0 bridgehead atoms. The van der Waals surface area contributed by atoms with Crippen molar-refractivity contribution in [1.29, 1.82) is 0 Å². The van der Waals surface area contributed by atoms with E-state index in [0.29, 0.717) is 58.9 Å². The molecule has 188 valence electrons. The number of esters is 1. The number of carbonyl (C=O) groups excluding carboxylic acids is 3. The number of benzene rings is 2. The predicted molar refractivity (Wildman–Crippen MR) is 138 cm³/mol. The number of ether oxygens (including phenoxy) is 1. The highest BCUT2D eigenvalue weighted by Gasteiger charge is 2.27. The lowest BCUT2D eigenvalue weighted by atomic mass is 9.98. The Labute approximate surface area is 218 Å². The molecule has 5 rings (SSSR count). The fourth-order valence-electron chi connectivity index (χ4n) is 4.49. The van der Waals surface area contributed by atoms with Crippen molar-refractivity contribution in [2.75, 3.05) is 32.8 Å². The van der Waals surface area contributed by atoms with E-state index < -0.39 is 12.6 Å². The highest BCUT2D eigenvalue weighted by molar-refractivity contribution is 6.30. The van der Waals surface area contributed by atoms with Crippen molar-refractivity contribution in [3.05, 3.63) is 88.8 Å². The average molecular weight is 518 g/mol. The summed E-state index contributed by atoms with van der Waals surface area (Å²) in [6.07, 6.45) is 1.45. The van der Waals surface area contributed by atoms with Crippen LogP contribution in [0.2, 0.25) is 5.02 Å². The minimum atomic E-state index is -0.598. The van der Waals surface area contributed by atoms with Crippen LogP contribution < -0.4 is 0 Å². The minimum absolute atomic E-state index is 0.209. The molecule has 37 heavy (non-hydrogen) atoms. The number of furan rings is 1. The first-order valence-electron chi connectivity index (χ1n) is 11.9. The number of fused-ring (bicyclic) bond motifs is 1. The quantitative estimate of drug-likeness (QED) is 0.359. The van der Waals surface area contributed by atoms with Crippen molar-refractivity contribution >= 4 is 40.3 Å². The Kier molecular flexibility index (Phi) is 6.92. The Hall–Kier alpha value is -4.17. The zero-order chi connectivity index (χ0) is 25.9. The molecular weight excluding hydrogens is 494 g/mol. The predicted octanol–water partition coefficient (Wildman–Crippen LogP) is 4.60. The lowest BCUT2D eigenvalue weighted by Crippen LogP contribution is -2.51. The van der Waals surface area contributed by atoms with Gasteiger partial charge in [0.05, 0.1) is 23.0 Å². The van der Waals surface area contributed by atoms with Crippen LogP contribution in [0.3, 0.4) is 0 Å². The third kappa shape index (κ3) is 5.06. The molecule has 2 aromatic heterocycles. The van der Waals surface area contributed by atoms with Crippen molar-refractivity contribution in [3.63, 3.8) is 0 Å². The number of rotatable bonds is 5. The number of aromatic nitrogens is 1. The van der Waals surface area contributed by atoms with Gasteiger partial charge in [0.25, 0.3) is 11.8 Å². The van der Waals surface area contributed by atoms with Gasteiger partial charge < -0.3 is 19.0 Å². The number of halogens is 1. The van der Waals surface area contributed by atoms with Gasteiger partial charge in [-0.15, -0.1) is 0 Å². The number of hydrogen-bond donors (Lipinski definition) is 0. The highest BCUT2D eigenvalue weighted by atomic mass is 35.5. The van der Waals surface area contributed by atoms with Crippen molar-refractivity contribution in [2.45, 2.75) is 6.92 Å². The molecule has 1 aliphatic rings. The molecule has 0 N–H and O–H groups in total. The topological polar surface area (TPSA) is 93.0 Å². The molecule has 9 heteroatoms. The second kappa shape index (κ2) is 10.4. The van der Waals surface area contributed by atoms with E-state index in [-0.39, 0.29) is 17.6 Å². The Morgan fingerprint density at radius 2 is 1.73 bits per heavy atom. The molecule has 2 amide bonds. The van der Waals surface area contributed by atoms with Crippen molar-refractivity contribution < 1.29 is 23.5 Å². The summed E-state index contributed by atoms with van der Waals surface area (Å²) in [6, 6.07) is 17.9. The number of nitrogens with zero attached hydrogens (tertiary/aromatic N) is 3. The lowest BCUT2D eigenvalue weighted by Gasteiger charge is -2.34. The first kappa shape index (κ1) is 24.5. The maximum Gasteiger partial charge on any atom is 0.339 e. The normalized spacial score (nSPS) is 13.6. The largest absolute Gasteiger partial charge is 0.459 e. The van der Waals surface area contributed by atoms with Gasteiger partial charge in [-0.25, -0.2) is 9.78 Å². The van der Waals surface area contributed by atoms with Gasteiger partial charge in [-0.3, -0.25) is 9.59 Å². The summed E-state index contributed by atoms with van der Waals surface area (Å²) in [7, 11) is 0. The van der Waals surface area contributed by atoms with Gasteiger partial charge in [0.15, 0.2) is 12.4 Å². The maximum absolute atomic E-state index is 13.3. The van der Waals surface area contributed by atoms with Gasteiger partial charge in [-0.2, -0.15) is 0 Å². The Bertz CT molecular complexity index is 1480. The van der Waals surface area contributed by atoms with Crippen LogP contribution in [0.1, 0.15) is 26.5 Å². The van der Waals surface area contributed by atoms with Crippen molar-refractivity contribution in [3.8, 4) is 11.3 Å². The van der Waals surface area contributed by atoms with E-state index in [2.05, 4.69) is 0 Å². The first-order chi connectivity index (χ1) is 17.9. The van der Waals surface area contributed by atoms with Crippen LogP contribution in [0.4, 0.5) is 0 Å².